The number of carbonyl (C=O) groups is 1. The van der Waals surface area contributed by atoms with Gasteiger partial charge in [-0.05, 0) is 37.8 Å². The molecule has 3 heteroatoms. The summed E-state index contributed by atoms with van der Waals surface area (Å²) in [6.07, 6.45) is 9.28. The fraction of sp³-hybridized carbons (Fsp3) is 0.643. The quantitative estimate of drug-likeness (QED) is 0.816. The first kappa shape index (κ1) is 12.2. The van der Waals surface area contributed by atoms with E-state index in [9.17, 15) is 4.79 Å². The molecule has 1 N–H and O–H groups in total. The molecule has 17 heavy (non-hydrogen) atoms. The van der Waals surface area contributed by atoms with E-state index in [-0.39, 0.29) is 11.9 Å². The first-order chi connectivity index (χ1) is 8.27. The monoisotopic (exact) mass is 235 g/mol. The lowest BCUT2D eigenvalue weighted by Gasteiger charge is -2.23. The fourth-order valence-corrected chi connectivity index (χ4v) is 2.61. The molecule has 94 valence electrons. The summed E-state index contributed by atoms with van der Waals surface area (Å²) < 4.78 is 5.10. The Balaban J connectivity index is 1.87. The lowest BCUT2D eigenvalue weighted by Crippen LogP contribution is -2.37. The minimum absolute atomic E-state index is 0.0910. The highest BCUT2D eigenvalue weighted by molar-refractivity contribution is 5.91. The third kappa shape index (κ3) is 3.35. The number of amides is 1. The zero-order chi connectivity index (χ0) is 12.1. The van der Waals surface area contributed by atoms with Gasteiger partial charge in [-0.25, -0.2) is 0 Å². The first-order valence-corrected chi connectivity index (χ1v) is 6.62. The smallest absolute Gasteiger partial charge is 0.287 e. The van der Waals surface area contributed by atoms with Crippen molar-refractivity contribution in [1.82, 2.24) is 5.32 Å². The number of nitrogens with one attached hydrogen (secondary N) is 1. The molecule has 0 saturated heterocycles. The third-order valence-corrected chi connectivity index (χ3v) is 3.71. The topological polar surface area (TPSA) is 42.2 Å². The van der Waals surface area contributed by atoms with Crippen molar-refractivity contribution in [3.05, 3.63) is 24.2 Å². The molecule has 1 aromatic rings. The van der Waals surface area contributed by atoms with E-state index < -0.39 is 0 Å². The Bertz CT molecular complexity index is 337. The second-order valence-corrected chi connectivity index (χ2v) is 4.99. The van der Waals surface area contributed by atoms with E-state index in [4.69, 9.17) is 4.42 Å². The molecule has 2 rings (SSSR count). The maximum absolute atomic E-state index is 11.8. The van der Waals surface area contributed by atoms with Crippen molar-refractivity contribution in [2.24, 2.45) is 5.92 Å². The van der Waals surface area contributed by atoms with Gasteiger partial charge >= 0.3 is 0 Å². The van der Waals surface area contributed by atoms with E-state index in [1.807, 2.05) is 0 Å². The van der Waals surface area contributed by atoms with Crippen molar-refractivity contribution in [3.63, 3.8) is 0 Å². The van der Waals surface area contributed by atoms with E-state index >= 15 is 0 Å². The number of hydrogen-bond acceptors (Lipinski definition) is 2. The zero-order valence-corrected chi connectivity index (χ0v) is 10.4. The third-order valence-electron chi connectivity index (χ3n) is 3.71. The molecular formula is C14H21NO2. The summed E-state index contributed by atoms with van der Waals surface area (Å²) in [5.41, 5.74) is 0. The maximum Gasteiger partial charge on any atom is 0.287 e. The predicted octanol–water partition coefficient (Wildman–Crippen LogP) is 3.37. The van der Waals surface area contributed by atoms with Gasteiger partial charge in [0, 0.05) is 6.04 Å². The van der Waals surface area contributed by atoms with Crippen molar-refractivity contribution in [2.75, 3.05) is 0 Å². The molecule has 1 amide bonds. The van der Waals surface area contributed by atoms with Crippen LogP contribution in [0.4, 0.5) is 0 Å². The van der Waals surface area contributed by atoms with Crippen molar-refractivity contribution >= 4 is 5.91 Å². The molecule has 0 radical (unpaired) electrons. The Labute approximate surface area is 103 Å². The minimum Gasteiger partial charge on any atom is -0.459 e. The average Bonchev–Trinajstić information content (AvgIpc) is 2.71. The Kier molecular flexibility index (Phi) is 4.24. The second kappa shape index (κ2) is 5.89. The molecule has 1 aromatic heterocycles. The van der Waals surface area contributed by atoms with Crippen molar-refractivity contribution in [2.45, 2.75) is 51.5 Å². The van der Waals surface area contributed by atoms with Gasteiger partial charge in [0.1, 0.15) is 0 Å². The number of rotatable bonds is 3. The van der Waals surface area contributed by atoms with Crippen molar-refractivity contribution < 1.29 is 9.21 Å². The van der Waals surface area contributed by atoms with Crippen LogP contribution in [0.5, 0.6) is 0 Å². The maximum atomic E-state index is 11.8. The molecule has 0 bridgehead atoms. The van der Waals surface area contributed by atoms with Gasteiger partial charge in [-0.1, -0.05) is 25.7 Å². The first-order valence-electron chi connectivity index (χ1n) is 6.62. The lowest BCUT2D eigenvalue weighted by molar-refractivity contribution is 0.0895. The Hall–Kier alpha value is -1.25. The molecular weight excluding hydrogens is 214 g/mol. The molecule has 0 unspecified atom stereocenters. The number of carbonyl (C=O) groups excluding carboxylic acids is 1. The highest BCUT2D eigenvalue weighted by Crippen LogP contribution is 2.25. The van der Waals surface area contributed by atoms with Crippen molar-refractivity contribution in [3.8, 4) is 0 Å². The van der Waals surface area contributed by atoms with Gasteiger partial charge in [-0.3, -0.25) is 4.79 Å². The Morgan fingerprint density at radius 3 is 2.65 bits per heavy atom. The molecule has 1 saturated carbocycles. The lowest BCUT2D eigenvalue weighted by atomic mass is 9.93. The van der Waals surface area contributed by atoms with Gasteiger partial charge in [-0.2, -0.15) is 0 Å². The highest BCUT2D eigenvalue weighted by atomic mass is 16.3. The van der Waals surface area contributed by atoms with Gasteiger partial charge in [0.25, 0.3) is 5.91 Å². The van der Waals surface area contributed by atoms with Gasteiger partial charge < -0.3 is 9.73 Å². The Morgan fingerprint density at radius 1 is 1.35 bits per heavy atom. The van der Waals surface area contributed by atoms with Crippen LogP contribution in [0.3, 0.4) is 0 Å². The SMILES string of the molecule is C[C@H](NC(=O)c1ccco1)C1CCCCCC1. The van der Waals surface area contributed by atoms with E-state index in [2.05, 4.69) is 12.2 Å². The van der Waals surface area contributed by atoms with E-state index in [1.54, 1.807) is 12.1 Å². The van der Waals surface area contributed by atoms with E-state index in [0.717, 1.165) is 0 Å². The van der Waals surface area contributed by atoms with Gasteiger partial charge in [0.05, 0.1) is 6.26 Å². The summed E-state index contributed by atoms with van der Waals surface area (Å²) in [7, 11) is 0. The van der Waals surface area contributed by atoms with Gasteiger partial charge in [0.15, 0.2) is 5.76 Å². The summed E-state index contributed by atoms with van der Waals surface area (Å²) in [6.45, 7) is 2.11. The normalized spacial score (nSPS) is 19.6. The van der Waals surface area contributed by atoms with Crippen molar-refractivity contribution in [1.29, 1.82) is 0 Å². The molecule has 3 nitrogen and oxygen atoms in total. The predicted molar refractivity (Wildman–Crippen MR) is 66.8 cm³/mol. The van der Waals surface area contributed by atoms with Crippen LogP contribution in [0.25, 0.3) is 0 Å². The largest absolute Gasteiger partial charge is 0.459 e. The van der Waals surface area contributed by atoms with Crippen LogP contribution in [0.15, 0.2) is 22.8 Å². The van der Waals surface area contributed by atoms with Crippen LogP contribution in [-0.2, 0) is 0 Å². The summed E-state index contributed by atoms with van der Waals surface area (Å²) in [4.78, 5) is 11.8. The minimum atomic E-state index is -0.0910. The highest BCUT2D eigenvalue weighted by Gasteiger charge is 2.21. The molecule has 0 spiro atoms. The van der Waals surface area contributed by atoms with Crippen LogP contribution in [0.1, 0.15) is 56.0 Å². The van der Waals surface area contributed by atoms with Gasteiger partial charge in [-0.15, -0.1) is 0 Å². The molecule has 0 aromatic carbocycles. The second-order valence-electron chi connectivity index (χ2n) is 4.99. The summed E-state index contributed by atoms with van der Waals surface area (Å²) in [6, 6.07) is 3.69. The van der Waals surface area contributed by atoms with Crippen LogP contribution in [-0.4, -0.2) is 11.9 Å². The average molecular weight is 235 g/mol. The van der Waals surface area contributed by atoms with Crippen LogP contribution in [0.2, 0.25) is 0 Å². The molecule has 1 aliphatic carbocycles. The van der Waals surface area contributed by atoms with Crippen LogP contribution in [0, 0.1) is 5.92 Å². The summed E-state index contributed by atoms with van der Waals surface area (Å²) >= 11 is 0. The van der Waals surface area contributed by atoms with Crippen LogP contribution >= 0.6 is 0 Å². The number of hydrogen-bond donors (Lipinski definition) is 1. The zero-order valence-electron chi connectivity index (χ0n) is 10.4. The van der Waals surface area contributed by atoms with E-state index in [0.29, 0.717) is 11.7 Å². The molecule has 1 fully saturated rings. The summed E-state index contributed by atoms with van der Waals surface area (Å²) in [5.74, 6) is 0.939. The molecule has 0 aliphatic heterocycles. The number of furan rings is 1. The molecule has 1 aliphatic rings. The summed E-state index contributed by atoms with van der Waals surface area (Å²) in [5, 5.41) is 3.05. The van der Waals surface area contributed by atoms with Gasteiger partial charge in [0.2, 0.25) is 0 Å². The van der Waals surface area contributed by atoms with E-state index in [1.165, 1.54) is 44.8 Å². The fourth-order valence-electron chi connectivity index (χ4n) is 2.61. The van der Waals surface area contributed by atoms with Crippen LogP contribution < -0.4 is 5.32 Å². The standard InChI is InChI=1S/C14H21NO2/c1-11(12-7-4-2-3-5-8-12)15-14(16)13-9-6-10-17-13/h6,9-12H,2-5,7-8H2,1H3,(H,15,16)/t11-/m0/s1. The Morgan fingerprint density at radius 2 is 2.06 bits per heavy atom. The molecule has 1 heterocycles. The molecule has 1 atom stereocenters.